The number of aliphatic hydroxyl groups excluding tert-OH is 1. The van der Waals surface area contributed by atoms with Crippen LogP contribution in [-0.4, -0.2) is 11.1 Å². The molecule has 4 nitrogen and oxygen atoms in total. The zero-order valence-corrected chi connectivity index (χ0v) is 11.8. The predicted octanol–water partition coefficient (Wildman–Crippen LogP) is 3.29. The zero-order valence-electron chi connectivity index (χ0n) is 11.1. The van der Waals surface area contributed by atoms with Gasteiger partial charge in [-0.25, -0.2) is 9.18 Å². The highest BCUT2D eigenvalue weighted by Gasteiger charge is 2.06. The van der Waals surface area contributed by atoms with E-state index in [-0.39, 0.29) is 18.2 Å². The lowest BCUT2D eigenvalue weighted by molar-refractivity contribution is 0.251. The molecule has 110 valence electrons. The van der Waals surface area contributed by atoms with E-state index in [0.717, 1.165) is 17.2 Å². The van der Waals surface area contributed by atoms with Crippen LogP contribution in [0.25, 0.3) is 0 Å². The number of rotatable bonds is 4. The van der Waals surface area contributed by atoms with Gasteiger partial charge in [0.25, 0.3) is 0 Å². The normalized spacial score (nSPS) is 10.2. The van der Waals surface area contributed by atoms with Crippen molar-refractivity contribution in [2.75, 3.05) is 5.32 Å². The first-order chi connectivity index (χ1) is 10.1. The Hall–Kier alpha value is -2.11. The molecule has 6 heteroatoms. The number of carbonyl (C=O) groups is 1. The average molecular weight is 309 g/mol. The minimum Gasteiger partial charge on any atom is -0.392 e. The molecule has 2 aromatic rings. The van der Waals surface area contributed by atoms with Gasteiger partial charge in [-0.3, -0.25) is 0 Å². The van der Waals surface area contributed by atoms with Gasteiger partial charge in [0.1, 0.15) is 5.82 Å². The molecule has 0 aliphatic carbocycles. The SMILES string of the molecule is O=C(NCc1ccccc1CO)Nc1ccc(Cl)c(F)c1. The van der Waals surface area contributed by atoms with E-state index in [1.54, 1.807) is 6.07 Å². The van der Waals surface area contributed by atoms with Gasteiger partial charge in [0, 0.05) is 12.2 Å². The number of aliphatic hydroxyl groups is 1. The van der Waals surface area contributed by atoms with E-state index >= 15 is 0 Å². The van der Waals surface area contributed by atoms with E-state index in [4.69, 9.17) is 11.6 Å². The average Bonchev–Trinajstić information content (AvgIpc) is 2.49. The molecule has 0 aromatic heterocycles. The van der Waals surface area contributed by atoms with E-state index in [9.17, 15) is 14.3 Å². The minimum atomic E-state index is -0.597. The number of hydrogen-bond acceptors (Lipinski definition) is 2. The fourth-order valence-corrected chi connectivity index (χ4v) is 1.93. The van der Waals surface area contributed by atoms with Crippen LogP contribution >= 0.6 is 11.6 Å². The molecule has 21 heavy (non-hydrogen) atoms. The number of urea groups is 1. The van der Waals surface area contributed by atoms with Crippen LogP contribution < -0.4 is 10.6 Å². The van der Waals surface area contributed by atoms with Crippen LogP contribution in [0.15, 0.2) is 42.5 Å². The Balaban J connectivity index is 1.94. The van der Waals surface area contributed by atoms with Gasteiger partial charge >= 0.3 is 6.03 Å². The molecule has 0 saturated heterocycles. The highest BCUT2D eigenvalue weighted by Crippen LogP contribution is 2.18. The number of nitrogens with one attached hydrogen (secondary N) is 2. The molecule has 0 heterocycles. The fourth-order valence-electron chi connectivity index (χ4n) is 1.81. The monoisotopic (exact) mass is 308 g/mol. The number of benzene rings is 2. The Bertz CT molecular complexity index is 649. The Morgan fingerprint density at radius 2 is 1.90 bits per heavy atom. The molecule has 0 spiro atoms. The molecule has 2 aromatic carbocycles. The second-order valence-electron chi connectivity index (χ2n) is 4.36. The van der Waals surface area contributed by atoms with Gasteiger partial charge in [0.2, 0.25) is 0 Å². The van der Waals surface area contributed by atoms with Crippen molar-refractivity contribution >= 4 is 23.3 Å². The molecule has 0 bridgehead atoms. The maximum Gasteiger partial charge on any atom is 0.319 e. The molecular formula is C15H14ClFN2O2. The molecule has 3 N–H and O–H groups in total. The van der Waals surface area contributed by atoms with Crippen molar-refractivity contribution in [1.29, 1.82) is 0 Å². The van der Waals surface area contributed by atoms with Crippen molar-refractivity contribution in [2.24, 2.45) is 0 Å². The highest BCUT2D eigenvalue weighted by molar-refractivity contribution is 6.30. The summed E-state index contributed by atoms with van der Waals surface area (Å²) in [6.07, 6.45) is 0. The fraction of sp³-hybridized carbons (Fsp3) is 0.133. The van der Waals surface area contributed by atoms with E-state index in [1.165, 1.54) is 12.1 Å². The Morgan fingerprint density at radius 3 is 2.57 bits per heavy atom. The van der Waals surface area contributed by atoms with Crippen molar-refractivity contribution < 1.29 is 14.3 Å². The standard InChI is InChI=1S/C15H14ClFN2O2/c16-13-6-5-12(7-14(13)17)19-15(21)18-8-10-3-1-2-4-11(10)9-20/h1-7,20H,8-9H2,(H2,18,19,21). The number of hydrogen-bond donors (Lipinski definition) is 3. The van der Waals surface area contributed by atoms with E-state index < -0.39 is 11.8 Å². The molecule has 0 saturated carbocycles. The minimum absolute atomic E-state index is 0.00201. The third-order valence-electron chi connectivity index (χ3n) is 2.91. The van der Waals surface area contributed by atoms with Crippen molar-refractivity contribution in [1.82, 2.24) is 5.32 Å². The molecule has 0 atom stereocenters. The summed E-state index contributed by atoms with van der Waals surface area (Å²) in [5, 5.41) is 14.3. The summed E-state index contributed by atoms with van der Waals surface area (Å²) in [7, 11) is 0. The number of carbonyl (C=O) groups excluding carboxylic acids is 1. The van der Waals surface area contributed by atoms with Gasteiger partial charge in [-0.05, 0) is 29.3 Å². The van der Waals surface area contributed by atoms with Crippen LogP contribution in [0.4, 0.5) is 14.9 Å². The first-order valence-electron chi connectivity index (χ1n) is 6.27. The maximum atomic E-state index is 13.2. The summed E-state index contributed by atoms with van der Waals surface area (Å²) < 4.78 is 13.2. The third-order valence-corrected chi connectivity index (χ3v) is 3.21. The summed E-state index contributed by atoms with van der Waals surface area (Å²) in [5.74, 6) is -0.597. The molecule has 0 radical (unpaired) electrons. The van der Waals surface area contributed by atoms with Crippen LogP contribution in [-0.2, 0) is 13.2 Å². The lowest BCUT2D eigenvalue weighted by Crippen LogP contribution is -2.28. The van der Waals surface area contributed by atoms with E-state index in [2.05, 4.69) is 10.6 Å². The second kappa shape index (κ2) is 7.06. The third kappa shape index (κ3) is 4.18. The molecule has 2 rings (SSSR count). The molecule has 2 amide bonds. The molecule has 0 aliphatic rings. The second-order valence-corrected chi connectivity index (χ2v) is 4.77. The molecule has 0 aliphatic heterocycles. The topological polar surface area (TPSA) is 61.4 Å². The molecule has 0 fully saturated rings. The Labute approximate surface area is 126 Å². The molecule has 0 unspecified atom stereocenters. The van der Waals surface area contributed by atoms with Crippen molar-refractivity contribution in [2.45, 2.75) is 13.2 Å². The lowest BCUT2D eigenvalue weighted by atomic mass is 10.1. The van der Waals surface area contributed by atoms with E-state index in [0.29, 0.717) is 5.69 Å². The first-order valence-corrected chi connectivity index (χ1v) is 6.65. The van der Waals surface area contributed by atoms with Crippen molar-refractivity contribution in [3.63, 3.8) is 0 Å². The predicted molar refractivity (Wildman–Crippen MR) is 79.6 cm³/mol. The van der Waals surface area contributed by atoms with Gasteiger partial charge < -0.3 is 15.7 Å². The van der Waals surface area contributed by atoms with E-state index in [1.807, 2.05) is 18.2 Å². The Kier molecular flexibility index (Phi) is 5.14. The number of halogens is 2. The number of amides is 2. The summed E-state index contributed by atoms with van der Waals surface area (Å²) >= 11 is 5.56. The maximum absolute atomic E-state index is 13.2. The summed E-state index contributed by atoms with van der Waals surface area (Å²) in [6, 6.07) is 10.8. The highest BCUT2D eigenvalue weighted by atomic mass is 35.5. The summed E-state index contributed by atoms with van der Waals surface area (Å²) in [6.45, 7) is 0.167. The van der Waals surface area contributed by atoms with Crippen LogP contribution in [0, 0.1) is 5.82 Å². The lowest BCUT2D eigenvalue weighted by Gasteiger charge is -2.10. The van der Waals surface area contributed by atoms with Crippen LogP contribution in [0.1, 0.15) is 11.1 Å². The van der Waals surface area contributed by atoms with Gasteiger partial charge in [-0.2, -0.15) is 0 Å². The van der Waals surface area contributed by atoms with Gasteiger partial charge in [-0.15, -0.1) is 0 Å². The smallest absolute Gasteiger partial charge is 0.319 e. The first kappa shape index (κ1) is 15.3. The molecular weight excluding hydrogens is 295 g/mol. The van der Waals surface area contributed by atoms with Crippen LogP contribution in [0.5, 0.6) is 0 Å². The van der Waals surface area contributed by atoms with Gasteiger partial charge in [0.15, 0.2) is 0 Å². The zero-order chi connectivity index (χ0) is 15.2. The van der Waals surface area contributed by atoms with Crippen molar-refractivity contribution in [3.8, 4) is 0 Å². The summed E-state index contributed by atoms with van der Waals surface area (Å²) in [4.78, 5) is 11.7. The van der Waals surface area contributed by atoms with Gasteiger partial charge in [0.05, 0.1) is 11.6 Å². The summed E-state index contributed by atoms with van der Waals surface area (Å²) in [5.41, 5.74) is 1.87. The van der Waals surface area contributed by atoms with Gasteiger partial charge in [-0.1, -0.05) is 35.9 Å². The number of anilines is 1. The quantitative estimate of drug-likeness (QED) is 0.811. The largest absolute Gasteiger partial charge is 0.392 e. The van der Waals surface area contributed by atoms with Crippen LogP contribution in [0.3, 0.4) is 0 Å². The Morgan fingerprint density at radius 1 is 1.19 bits per heavy atom. The van der Waals surface area contributed by atoms with Crippen molar-refractivity contribution in [3.05, 3.63) is 64.4 Å². The van der Waals surface area contributed by atoms with Crippen LogP contribution in [0.2, 0.25) is 5.02 Å².